The van der Waals surface area contributed by atoms with Gasteiger partial charge in [-0.2, -0.15) is 0 Å². The number of nitrogens with zero attached hydrogens (tertiary/aromatic N) is 1. The number of ether oxygens (including phenoxy) is 1. The highest BCUT2D eigenvalue weighted by Crippen LogP contribution is 2.52. The maximum Gasteiger partial charge on any atom is 0.348 e. The first-order chi connectivity index (χ1) is 17.9. The van der Waals surface area contributed by atoms with Gasteiger partial charge in [-0.25, -0.2) is 4.79 Å². The van der Waals surface area contributed by atoms with E-state index in [2.05, 4.69) is 44.4 Å². The monoisotopic (exact) mass is 496 g/mol. The average Bonchev–Trinajstić information content (AvgIpc) is 3.56. The van der Waals surface area contributed by atoms with Crippen LogP contribution in [-0.2, 0) is 21.6 Å². The van der Waals surface area contributed by atoms with Crippen molar-refractivity contribution in [1.29, 1.82) is 0 Å². The Morgan fingerprint density at radius 2 is 1.51 bits per heavy atom. The summed E-state index contributed by atoms with van der Waals surface area (Å²) in [6.07, 6.45) is 6.70. The van der Waals surface area contributed by atoms with Crippen molar-refractivity contribution in [2.75, 3.05) is 20.6 Å². The quantitative estimate of drug-likeness (QED) is 0.247. The first-order valence-corrected chi connectivity index (χ1v) is 13.9. The van der Waals surface area contributed by atoms with Crippen LogP contribution >= 0.6 is 0 Å². The third-order valence-corrected chi connectivity index (χ3v) is 9.45. The Morgan fingerprint density at radius 3 is 2.19 bits per heavy atom. The lowest BCUT2D eigenvalue weighted by atomic mass is 9.91. The highest BCUT2D eigenvalue weighted by atomic mass is 16.6. The minimum absolute atomic E-state index is 0.108. The van der Waals surface area contributed by atoms with Crippen molar-refractivity contribution in [1.82, 2.24) is 0 Å². The highest BCUT2D eigenvalue weighted by molar-refractivity contribution is 5.96. The van der Waals surface area contributed by atoms with Gasteiger partial charge in [0.2, 0.25) is 5.60 Å². The Balaban J connectivity index is 1.15. The van der Waals surface area contributed by atoms with Gasteiger partial charge in [-0.3, -0.25) is 0 Å². The Hall–Kier alpha value is -2.95. The van der Waals surface area contributed by atoms with E-state index in [1.807, 2.05) is 48.5 Å². The van der Waals surface area contributed by atoms with E-state index in [0.717, 1.165) is 47.8 Å². The number of hydrogen-bond acceptors (Lipinski definition) is 3. The third kappa shape index (κ3) is 4.11. The van der Waals surface area contributed by atoms with Crippen LogP contribution in [0.2, 0.25) is 0 Å². The van der Waals surface area contributed by atoms with E-state index in [1.165, 1.54) is 18.4 Å². The summed E-state index contributed by atoms with van der Waals surface area (Å²) in [6, 6.07) is 26.6. The molecule has 0 heterocycles. The molecule has 0 spiro atoms. The van der Waals surface area contributed by atoms with Crippen molar-refractivity contribution in [3.63, 3.8) is 0 Å². The van der Waals surface area contributed by atoms with E-state index in [4.69, 9.17) is 4.74 Å². The molecule has 3 aromatic rings. The van der Waals surface area contributed by atoms with E-state index in [9.17, 15) is 9.90 Å². The zero-order valence-corrected chi connectivity index (χ0v) is 22.0. The molecule has 4 nitrogen and oxygen atoms in total. The Morgan fingerprint density at radius 1 is 0.892 bits per heavy atom. The number of esters is 1. The third-order valence-electron chi connectivity index (χ3n) is 9.45. The molecule has 37 heavy (non-hydrogen) atoms. The molecule has 2 fully saturated rings. The van der Waals surface area contributed by atoms with Crippen LogP contribution in [0, 0.1) is 11.8 Å². The van der Waals surface area contributed by atoms with E-state index < -0.39 is 11.6 Å². The number of carbonyl (C=O) groups excluding carboxylic acids is 1. The van der Waals surface area contributed by atoms with Gasteiger partial charge in [0.15, 0.2) is 0 Å². The number of fused-ring (bicyclic) bond motifs is 5. The summed E-state index contributed by atoms with van der Waals surface area (Å²) in [6.45, 7) is 1.13. The molecular weight excluding hydrogens is 458 g/mol. The average molecular weight is 497 g/mol. The SMILES string of the molecule is C[N+](C)(CCCCc1ccccc1)[C@H]1CC2CCC1C2OC(=O)C1(O)c2ccccc2-c2ccccc21. The first kappa shape index (κ1) is 24.4. The topological polar surface area (TPSA) is 46.5 Å². The predicted molar refractivity (Wildman–Crippen MR) is 146 cm³/mol. The van der Waals surface area contributed by atoms with Crippen molar-refractivity contribution >= 4 is 5.97 Å². The van der Waals surface area contributed by atoms with Gasteiger partial charge in [0.25, 0.3) is 0 Å². The van der Waals surface area contributed by atoms with Crippen molar-refractivity contribution in [3.05, 3.63) is 95.6 Å². The van der Waals surface area contributed by atoms with E-state index in [-0.39, 0.29) is 6.10 Å². The van der Waals surface area contributed by atoms with E-state index >= 15 is 0 Å². The normalized spacial score (nSPS) is 25.1. The second kappa shape index (κ2) is 9.41. The lowest BCUT2D eigenvalue weighted by molar-refractivity contribution is -0.918. The molecule has 3 aromatic carbocycles. The van der Waals surface area contributed by atoms with Gasteiger partial charge in [0.1, 0.15) is 6.10 Å². The summed E-state index contributed by atoms with van der Waals surface area (Å²) < 4.78 is 7.28. The fraction of sp³-hybridized carbons (Fsp3) is 0.424. The molecule has 192 valence electrons. The fourth-order valence-electron chi connectivity index (χ4n) is 7.52. The van der Waals surface area contributed by atoms with E-state index in [1.54, 1.807) is 0 Å². The summed E-state index contributed by atoms with van der Waals surface area (Å²) >= 11 is 0. The maximum atomic E-state index is 13.8. The lowest BCUT2D eigenvalue weighted by Gasteiger charge is -2.40. The van der Waals surface area contributed by atoms with Gasteiger partial charge < -0.3 is 14.3 Å². The smallest absolute Gasteiger partial charge is 0.348 e. The van der Waals surface area contributed by atoms with E-state index in [0.29, 0.717) is 29.0 Å². The summed E-state index contributed by atoms with van der Waals surface area (Å²) in [5.41, 5.74) is 2.77. The molecule has 3 aliphatic carbocycles. The Bertz CT molecular complexity index is 1240. The Labute approximate surface area is 220 Å². The van der Waals surface area contributed by atoms with Crippen molar-refractivity contribution in [2.24, 2.45) is 11.8 Å². The minimum atomic E-state index is -1.74. The Kier molecular flexibility index (Phi) is 6.21. The number of hydrogen-bond donors (Lipinski definition) is 1. The van der Waals surface area contributed by atoms with Gasteiger partial charge in [-0.05, 0) is 48.8 Å². The van der Waals surface area contributed by atoms with Crippen LogP contribution in [0.5, 0.6) is 0 Å². The van der Waals surface area contributed by atoms with Crippen LogP contribution in [0.4, 0.5) is 0 Å². The molecule has 4 heteroatoms. The minimum Gasteiger partial charge on any atom is -0.459 e. The molecule has 0 aliphatic heterocycles. The predicted octanol–water partition coefficient (Wildman–Crippen LogP) is 5.71. The summed E-state index contributed by atoms with van der Waals surface area (Å²) in [5.74, 6) is 0.227. The van der Waals surface area contributed by atoms with Crippen LogP contribution in [0.1, 0.15) is 48.8 Å². The molecule has 4 atom stereocenters. The number of unbranched alkanes of at least 4 members (excludes halogenated alkanes) is 1. The van der Waals surface area contributed by atoms with Crippen LogP contribution < -0.4 is 0 Å². The van der Waals surface area contributed by atoms with Crippen LogP contribution in [0.3, 0.4) is 0 Å². The molecular formula is C33H38NO3+. The highest BCUT2D eigenvalue weighted by Gasteiger charge is 2.58. The number of carbonyl (C=O) groups is 1. The summed E-state index contributed by atoms with van der Waals surface area (Å²) in [7, 11) is 4.70. The maximum absolute atomic E-state index is 13.8. The molecule has 0 radical (unpaired) electrons. The lowest BCUT2D eigenvalue weighted by Crippen LogP contribution is -2.52. The van der Waals surface area contributed by atoms with Gasteiger partial charge in [0.05, 0.1) is 26.7 Å². The zero-order valence-electron chi connectivity index (χ0n) is 22.0. The molecule has 3 unspecified atom stereocenters. The van der Waals surface area contributed by atoms with Gasteiger partial charge in [-0.15, -0.1) is 0 Å². The second-order valence-electron chi connectivity index (χ2n) is 11.9. The molecule has 3 aliphatic rings. The standard InChI is InChI=1S/C33H38NO3/c1-34(2,21-11-10-14-23-12-4-3-5-13-23)30-22-24-19-20-27(30)31(24)37-32(35)33(36)28-17-8-6-15-25(28)26-16-7-9-18-29(26)33/h3-9,12-13,15-18,24,27,30-31,36H,10-11,14,19-22H2,1-2H3/q+1/t24?,27?,30-,31?/m0/s1. The van der Waals surface area contributed by atoms with Gasteiger partial charge in [0, 0.05) is 29.4 Å². The molecule has 2 bridgehead atoms. The summed E-state index contributed by atoms with van der Waals surface area (Å²) in [5, 5.41) is 11.9. The van der Waals surface area contributed by atoms with Crippen LogP contribution in [0.25, 0.3) is 11.1 Å². The number of aryl methyl sites for hydroxylation is 1. The summed E-state index contributed by atoms with van der Waals surface area (Å²) in [4.78, 5) is 13.8. The van der Waals surface area contributed by atoms with Crippen molar-refractivity contribution in [2.45, 2.75) is 56.3 Å². The molecule has 1 N–H and O–H groups in total. The van der Waals surface area contributed by atoms with Crippen LogP contribution in [0.15, 0.2) is 78.9 Å². The zero-order chi connectivity index (χ0) is 25.6. The molecule has 0 amide bonds. The van der Waals surface area contributed by atoms with Crippen molar-refractivity contribution < 1.29 is 19.1 Å². The number of rotatable bonds is 8. The van der Waals surface area contributed by atoms with Gasteiger partial charge >= 0.3 is 5.97 Å². The van der Waals surface area contributed by atoms with Crippen LogP contribution in [-0.4, -0.2) is 48.3 Å². The molecule has 0 saturated heterocycles. The molecule has 6 rings (SSSR count). The molecule has 2 saturated carbocycles. The number of benzene rings is 3. The van der Waals surface area contributed by atoms with Gasteiger partial charge in [-0.1, -0.05) is 78.9 Å². The van der Waals surface area contributed by atoms with Crippen molar-refractivity contribution in [3.8, 4) is 11.1 Å². The first-order valence-electron chi connectivity index (χ1n) is 13.9. The number of aliphatic hydroxyl groups is 1. The molecule has 0 aromatic heterocycles. The largest absolute Gasteiger partial charge is 0.459 e. The fourth-order valence-corrected chi connectivity index (χ4v) is 7.52. The second-order valence-corrected chi connectivity index (χ2v) is 11.9. The number of quaternary nitrogens is 1.